The fraction of sp³-hybridized carbons (Fsp3) is 0.933. The van der Waals surface area contributed by atoms with Gasteiger partial charge in [0.15, 0.2) is 0 Å². The second-order valence-corrected chi connectivity index (χ2v) is 6.54. The molecular formula is C15H30N2O. The van der Waals surface area contributed by atoms with Crippen molar-refractivity contribution in [1.82, 2.24) is 5.32 Å². The lowest BCUT2D eigenvalue weighted by Crippen LogP contribution is -2.39. The van der Waals surface area contributed by atoms with Crippen LogP contribution in [0.15, 0.2) is 0 Å². The Morgan fingerprint density at radius 1 is 1.39 bits per heavy atom. The molecule has 2 unspecified atom stereocenters. The van der Waals surface area contributed by atoms with Crippen molar-refractivity contribution in [2.24, 2.45) is 23.0 Å². The molecule has 1 fully saturated rings. The molecule has 0 aliphatic heterocycles. The predicted octanol–water partition coefficient (Wildman–Crippen LogP) is 2.69. The summed E-state index contributed by atoms with van der Waals surface area (Å²) in [7, 11) is 0. The number of hydrogen-bond acceptors (Lipinski definition) is 2. The largest absolute Gasteiger partial charge is 0.355 e. The Kier molecular flexibility index (Phi) is 6.13. The van der Waals surface area contributed by atoms with Gasteiger partial charge in [-0.15, -0.1) is 0 Å². The number of amides is 1. The minimum atomic E-state index is 0.209. The summed E-state index contributed by atoms with van der Waals surface area (Å²) in [6.07, 6.45) is 6.69. The number of nitrogens with one attached hydrogen (secondary N) is 1. The van der Waals surface area contributed by atoms with E-state index in [2.05, 4.69) is 26.1 Å². The van der Waals surface area contributed by atoms with E-state index in [1.54, 1.807) is 0 Å². The van der Waals surface area contributed by atoms with E-state index in [0.29, 0.717) is 5.92 Å². The molecule has 0 bridgehead atoms. The van der Waals surface area contributed by atoms with Gasteiger partial charge in [-0.25, -0.2) is 0 Å². The van der Waals surface area contributed by atoms with E-state index in [9.17, 15) is 4.79 Å². The van der Waals surface area contributed by atoms with Gasteiger partial charge in [-0.3, -0.25) is 4.79 Å². The van der Waals surface area contributed by atoms with Crippen molar-refractivity contribution in [3.05, 3.63) is 0 Å². The SMILES string of the molecule is CCC(C)(C)CNC(=O)C1CCCC(CCN)C1. The molecule has 1 aliphatic rings. The summed E-state index contributed by atoms with van der Waals surface area (Å²) in [4.78, 5) is 12.2. The van der Waals surface area contributed by atoms with Gasteiger partial charge < -0.3 is 11.1 Å². The molecule has 3 N–H and O–H groups in total. The van der Waals surface area contributed by atoms with E-state index < -0.39 is 0 Å². The van der Waals surface area contributed by atoms with Crippen molar-refractivity contribution < 1.29 is 4.79 Å². The van der Waals surface area contributed by atoms with Crippen molar-refractivity contribution in [2.45, 2.75) is 59.3 Å². The number of rotatable bonds is 6. The van der Waals surface area contributed by atoms with Crippen molar-refractivity contribution >= 4 is 5.91 Å². The molecule has 0 aromatic carbocycles. The Labute approximate surface area is 112 Å². The Bertz CT molecular complexity index is 261. The van der Waals surface area contributed by atoms with Crippen LogP contribution in [0.3, 0.4) is 0 Å². The molecule has 1 amide bonds. The molecule has 0 aromatic rings. The smallest absolute Gasteiger partial charge is 0.223 e. The van der Waals surface area contributed by atoms with Gasteiger partial charge in [0, 0.05) is 12.5 Å². The molecule has 18 heavy (non-hydrogen) atoms. The molecule has 0 heterocycles. The zero-order valence-electron chi connectivity index (χ0n) is 12.3. The molecule has 3 heteroatoms. The third kappa shape index (κ3) is 4.97. The minimum Gasteiger partial charge on any atom is -0.355 e. The van der Waals surface area contributed by atoms with E-state index in [1.807, 2.05) is 0 Å². The van der Waals surface area contributed by atoms with Crippen LogP contribution >= 0.6 is 0 Å². The van der Waals surface area contributed by atoms with Crippen LogP contribution < -0.4 is 11.1 Å². The molecular weight excluding hydrogens is 224 g/mol. The van der Waals surface area contributed by atoms with Crippen LogP contribution in [0.25, 0.3) is 0 Å². The Morgan fingerprint density at radius 3 is 2.72 bits per heavy atom. The summed E-state index contributed by atoms with van der Waals surface area (Å²) in [6, 6.07) is 0. The standard InChI is InChI=1S/C15H30N2O/c1-4-15(2,3)11-17-14(18)13-7-5-6-12(10-13)8-9-16/h12-13H,4-11,16H2,1-3H3,(H,17,18). The second kappa shape index (κ2) is 7.13. The van der Waals surface area contributed by atoms with Crippen LogP contribution in [0.2, 0.25) is 0 Å². The maximum absolute atomic E-state index is 12.2. The fourth-order valence-electron chi connectivity index (χ4n) is 2.62. The first kappa shape index (κ1) is 15.5. The van der Waals surface area contributed by atoms with E-state index >= 15 is 0 Å². The lowest BCUT2D eigenvalue weighted by Gasteiger charge is -2.30. The average molecular weight is 254 g/mol. The highest BCUT2D eigenvalue weighted by molar-refractivity contribution is 5.78. The Hall–Kier alpha value is -0.570. The molecule has 3 nitrogen and oxygen atoms in total. The summed E-state index contributed by atoms with van der Waals surface area (Å²) in [5, 5.41) is 3.14. The second-order valence-electron chi connectivity index (χ2n) is 6.54. The molecule has 0 aromatic heterocycles. The highest BCUT2D eigenvalue weighted by Gasteiger charge is 2.27. The Morgan fingerprint density at radius 2 is 2.11 bits per heavy atom. The lowest BCUT2D eigenvalue weighted by molar-refractivity contribution is -0.126. The van der Waals surface area contributed by atoms with E-state index in [1.165, 1.54) is 12.8 Å². The first-order valence-corrected chi connectivity index (χ1v) is 7.46. The molecule has 1 saturated carbocycles. The van der Waals surface area contributed by atoms with Crippen molar-refractivity contribution in [3.8, 4) is 0 Å². The van der Waals surface area contributed by atoms with Gasteiger partial charge in [-0.05, 0) is 43.6 Å². The molecule has 0 spiro atoms. The lowest BCUT2D eigenvalue weighted by atomic mass is 9.79. The fourth-order valence-corrected chi connectivity index (χ4v) is 2.62. The van der Waals surface area contributed by atoms with Crippen LogP contribution in [-0.2, 0) is 4.79 Å². The molecule has 106 valence electrons. The van der Waals surface area contributed by atoms with Gasteiger partial charge >= 0.3 is 0 Å². The van der Waals surface area contributed by atoms with Gasteiger partial charge in [0.1, 0.15) is 0 Å². The summed E-state index contributed by atoms with van der Waals surface area (Å²) >= 11 is 0. The summed E-state index contributed by atoms with van der Waals surface area (Å²) in [6.45, 7) is 8.11. The summed E-state index contributed by atoms with van der Waals surface area (Å²) in [5.74, 6) is 1.15. The number of carbonyl (C=O) groups is 1. The summed E-state index contributed by atoms with van der Waals surface area (Å²) < 4.78 is 0. The molecule has 0 radical (unpaired) electrons. The van der Waals surface area contributed by atoms with Crippen molar-refractivity contribution in [3.63, 3.8) is 0 Å². The van der Waals surface area contributed by atoms with Crippen LogP contribution in [-0.4, -0.2) is 19.0 Å². The average Bonchev–Trinajstić information content (AvgIpc) is 2.37. The van der Waals surface area contributed by atoms with Gasteiger partial charge in [-0.2, -0.15) is 0 Å². The molecule has 1 aliphatic carbocycles. The summed E-state index contributed by atoms with van der Waals surface area (Å²) in [5.41, 5.74) is 5.82. The number of hydrogen-bond donors (Lipinski definition) is 2. The van der Waals surface area contributed by atoms with Crippen LogP contribution in [0.5, 0.6) is 0 Å². The van der Waals surface area contributed by atoms with Crippen LogP contribution in [0.1, 0.15) is 59.3 Å². The first-order valence-electron chi connectivity index (χ1n) is 7.46. The van der Waals surface area contributed by atoms with Crippen LogP contribution in [0.4, 0.5) is 0 Å². The monoisotopic (exact) mass is 254 g/mol. The normalized spacial score (nSPS) is 24.9. The molecule has 2 atom stereocenters. The highest BCUT2D eigenvalue weighted by Crippen LogP contribution is 2.31. The zero-order chi connectivity index (χ0) is 13.6. The molecule has 0 saturated heterocycles. The Balaban J connectivity index is 2.37. The quantitative estimate of drug-likeness (QED) is 0.765. The topological polar surface area (TPSA) is 55.1 Å². The zero-order valence-corrected chi connectivity index (χ0v) is 12.3. The highest BCUT2D eigenvalue weighted by atomic mass is 16.1. The van der Waals surface area contributed by atoms with Gasteiger partial charge in [0.05, 0.1) is 0 Å². The minimum absolute atomic E-state index is 0.209. The van der Waals surface area contributed by atoms with E-state index in [4.69, 9.17) is 5.73 Å². The maximum atomic E-state index is 12.2. The van der Waals surface area contributed by atoms with Crippen LogP contribution in [0, 0.1) is 17.3 Å². The number of carbonyl (C=O) groups excluding carboxylic acids is 1. The third-order valence-corrected chi connectivity index (χ3v) is 4.43. The van der Waals surface area contributed by atoms with E-state index in [-0.39, 0.29) is 17.2 Å². The van der Waals surface area contributed by atoms with Crippen molar-refractivity contribution in [1.29, 1.82) is 0 Å². The predicted molar refractivity (Wildman–Crippen MR) is 76.2 cm³/mol. The van der Waals surface area contributed by atoms with Gasteiger partial charge in [0.25, 0.3) is 0 Å². The third-order valence-electron chi connectivity index (χ3n) is 4.43. The number of nitrogens with two attached hydrogens (primary N) is 1. The van der Waals surface area contributed by atoms with Gasteiger partial charge in [-0.1, -0.05) is 33.6 Å². The first-order chi connectivity index (χ1) is 8.48. The van der Waals surface area contributed by atoms with Gasteiger partial charge in [0.2, 0.25) is 5.91 Å². The molecule has 1 rings (SSSR count). The van der Waals surface area contributed by atoms with E-state index in [0.717, 1.165) is 38.8 Å². The van der Waals surface area contributed by atoms with Crippen molar-refractivity contribution in [2.75, 3.05) is 13.1 Å². The maximum Gasteiger partial charge on any atom is 0.223 e.